The molecule has 0 spiro atoms. The van der Waals surface area contributed by atoms with Gasteiger partial charge in [-0.05, 0) is 17.5 Å². The van der Waals surface area contributed by atoms with E-state index >= 15 is 0 Å². The van der Waals surface area contributed by atoms with E-state index in [9.17, 15) is 19.5 Å². The first kappa shape index (κ1) is 29.0. The predicted octanol–water partition coefficient (Wildman–Crippen LogP) is 1.74. The van der Waals surface area contributed by atoms with E-state index in [1.54, 1.807) is 20.8 Å². The van der Waals surface area contributed by atoms with Gasteiger partial charge in [0.05, 0.1) is 18.8 Å². The number of carbonyl (C=O) groups is 3. The highest BCUT2D eigenvalue weighted by atomic mass is 16.6. The molecule has 2 aromatic carbocycles. The summed E-state index contributed by atoms with van der Waals surface area (Å²) in [5.41, 5.74) is 12.0. The minimum atomic E-state index is -1.18. The van der Waals surface area contributed by atoms with Gasteiger partial charge in [-0.25, -0.2) is 4.79 Å². The molecule has 196 valence electrons. The number of benzene rings is 2. The number of ketones is 1. The van der Waals surface area contributed by atoms with E-state index in [0.717, 1.165) is 11.1 Å². The molecule has 0 aliphatic heterocycles. The third kappa shape index (κ3) is 9.41. The number of Topliss-reactive ketones (excluding diaryl/α,β-unsaturated/α-hetero) is 1. The van der Waals surface area contributed by atoms with Crippen LogP contribution in [0, 0.1) is 5.41 Å². The molecule has 0 aliphatic rings. The highest BCUT2D eigenvalue weighted by Crippen LogP contribution is 2.16. The Morgan fingerprint density at radius 1 is 0.917 bits per heavy atom. The van der Waals surface area contributed by atoms with E-state index in [4.69, 9.17) is 20.9 Å². The fraction of sp³-hybridized carbons (Fsp3) is 0.444. The predicted molar refractivity (Wildman–Crippen MR) is 136 cm³/mol. The fourth-order valence-electron chi connectivity index (χ4n) is 3.64. The Kier molecular flexibility index (Phi) is 11.0. The van der Waals surface area contributed by atoms with Gasteiger partial charge in [-0.3, -0.25) is 9.59 Å². The number of nitrogens with two attached hydrogens (primary N) is 2. The second-order valence-corrected chi connectivity index (χ2v) is 9.69. The molecule has 0 saturated carbocycles. The third-order valence-electron chi connectivity index (χ3n) is 5.64. The molecule has 4 atom stereocenters. The number of rotatable bonds is 13. The number of amides is 2. The van der Waals surface area contributed by atoms with Crippen LogP contribution in [0.2, 0.25) is 0 Å². The fourth-order valence-corrected chi connectivity index (χ4v) is 3.64. The number of hydrogen-bond donors (Lipinski definition) is 4. The molecule has 0 aliphatic carbocycles. The zero-order valence-electron chi connectivity index (χ0n) is 21.1. The first-order valence-corrected chi connectivity index (χ1v) is 11.9. The summed E-state index contributed by atoms with van der Waals surface area (Å²) in [5.74, 6) is -1.37. The molecule has 0 aromatic heterocycles. The largest absolute Gasteiger partial charge is 0.443 e. The molecule has 2 rings (SSSR count). The van der Waals surface area contributed by atoms with Gasteiger partial charge in [0.1, 0.15) is 12.2 Å². The lowest BCUT2D eigenvalue weighted by Crippen LogP contribution is -2.51. The van der Waals surface area contributed by atoms with Crippen molar-refractivity contribution in [2.75, 3.05) is 13.2 Å². The van der Waals surface area contributed by atoms with Gasteiger partial charge in [-0.15, -0.1) is 0 Å². The lowest BCUT2D eigenvalue weighted by Gasteiger charge is -2.29. The van der Waals surface area contributed by atoms with Gasteiger partial charge in [0.25, 0.3) is 5.91 Å². The Balaban J connectivity index is 2.14. The summed E-state index contributed by atoms with van der Waals surface area (Å²) >= 11 is 0. The number of aliphatic hydroxyl groups excluding tert-OH is 1. The van der Waals surface area contributed by atoms with Crippen molar-refractivity contribution in [2.45, 2.75) is 58.0 Å². The van der Waals surface area contributed by atoms with E-state index in [1.165, 1.54) is 0 Å². The molecule has 9 heteroatoms. The molecule has 6 N–H and O–H groups in total. The summed E-state index contributed by atoms with van der Waals surface area (Å²) in [6.45, 7) is 4.72. The van der Waals surface area contributed by atoms with Crippen LogP contribution in [-0.2, 0) is 31.9 Å². The number of nitrogens with one attached hydrogen (secondary N) is 1. The molecule has 0 radical (unpaired) electrons. The first-order valence-electron chi connectivity index (χ1n) is 11.9. The summed E-state index contributed by atoms with van der Waals surface area (Å²) in [5, 5.41) is 13.6. The van der Waals surface area contributed by atoms with Gasteiger partial charge in [-0.1, -0.05) is 81.4 Å². The van der Waals surface area contributed by atoms with Gasteiger partial charge in [0.2, 0.25) is 5.78 Å². The van der Waals surface area contributed by atoms with Crippen LogP contribution in [0.3, 0.4) is 0 Å². The number of carbonyl (C=O) groups excluding carboxylic acids is 3. The molecule has 2 amide bonds. The Morgan fingerprint density at radius 2 is 1.44 bits per heavy atom. The summed E-state index contributed by atoms with van der Waals surface area (Å²) in [6.07, 6.45) is -3.11. The highest BCUT2D eigenvalue weighted by molar-refractivity contribution is 6.38. The van der Waals surface area contributed by atoms with Crippen LogP contribution >= 0.6 is 0 Å². The molecule has 0 heterocycles. The van der Waals surface area contributed by atoms with Crippen LogP contribution in [0.4, 0.5) is 4.79 Å². The Labute approximate surface area is 212 Å². The van der Waals surface area contributed by atoms with Crippen molar-refractivity contribution in [3.8, 4) is 0 Å². The van der Waals surface area contributed by atoms with Crippen LogP contribution in [0.5, 0.6) is 0 Å². The molecule has 36 heavy (non-hydrogen) atoms. The zero-order valence-corrected chi connectivity index (χ0v) is 21.1. The van der Waals surface area contributed by atoms with Gasteiger partial charge in [-0.2, -0.15) is 0 Å². The number of aliphatic hydroxyl groups is 1. The topological polar surface area (TPSA) is 154 Å². The van der Waals surface area contributed by atoms with Crippen LogP contribution < -0.4 is 16.8 Å². The number of ether oxygens (including phenoxy) is 2. The Bertz CT molecular complexity index is 978. The molecule has 9 nitrogen and oxygen atoms in total. The standard InChI is InChI=1S/C27H37N3O6/c1-27(2,3)24(32)25(33)30-20(14-18-10-6-4-7-11-18)21(31)17-35-23(16-28)22(36-26(29)34)15-19-12-8-5-9-13-19/h4-13,20-23,31H,14-17,28H2,1-3H3,(H2,29,34)(H,30,33). The van der Waals surface area contributed by atoms with Crippen LogP contribution in [0.25, 0.3) is 0 Å². The number of primary amides is 1. The smallest absolute Gasteiger partial charge is 0.404 e. The summed E-state index contributed by atoms with van der Waals surface area (Å²) < 4.78 is 11.1. The second kappa shape index (κ2) is 13.7. The van der Waals surface area contributed by atoms with E-state index in [0.29, 0.717) is 6.42 Å². The van der Waals surface area contributed by atoms with Crippen molar-refractivity contribution in [1.29, 1.82) is 0 Å². The maximum absolute atomic E-state index is 12.6. The molecule has 0 bridgehead atoms. The molecule has 2 aromatic rings. The zero-order chi connectivity index (χ0) is 26.7. The lowest BCUT2D eigenvalue weighted by atomic mass is 9.90. The van der Waals surface area contributed by atoms with E-state index < -0.39 is 47.6 Å². The minimum absolute atomic E-state index is 0.00424. The average molecular weight is 500 g/mol. The minimum Gasteiger partial charge on any atom is -0.443 e. The van der Waals surface area contributed by atoms with E-state index in [2.05, 4.69) is 5.32 Å². The second-order valence-electron chi connectivity index (χ2n) is 9.69. The third-order valence-corrected chi connectivity index (χ3v) is 5.64. The normalized spacial score (nSPS) is 14.8. The summed E-state index contributed by atoms with van der Waals surface area (Å²) in [6, 6.07) is 17.8. The SMILES string of the molecule is CC(C)(C)C(=O)C(=O)NC(Cc1ccccc1)C(O)COC(CN)C(Cc1ccccc1)OC(N)=O. The van der Waals surface area contributed by atoms with Crippen LogP contribution in [-0.4, -0.2) is 60.4 Å². The van der Waals surface area contributed by atoms with E-state index in [-0.39, 0.29) is 19.6 Å². The van der Waals surface area contributed by atoms with E-state index in [1.807, 2.05) is 60.7 Å². The summed E-state index contributed by atoms with van der Waals surface area (Å²) in [4.78, 5) is 36.6. The monoisotopic (exact) mass is 499 g/mol. The quantitative estimate of drug-likeness (QED) is 0.306. The van der Waals surface area contributed by atoms with Crippen molar-refractivity contribution in [1.82, 2.24) is 5.32 Å². The van der Waals surface area contributed by atoms with Crippen LogP contribution in [0.1, 0.15) is 31.9 Å². The van der Waals surface area contributed by atoms with Crippen molar-refractivity contribution in [3.05, 3.63) is 71.8 Å². The maximum Gasteiger partial charge on any atom is 0.404 e. The van der Waals surface area contributed by atoms with Crippen molar-refractivity contribution >= 4 is 17.8 Å². The van der Waals surface area contributed by atoms with Crippen molar-refractivity contribution in [2.24, 2.45) is 16.9 Å². The van der Waals surface area contributed by atoms with Gasteiger partial charge in [0.15, 0.2) is 0 Å². The average Bonchev–Trinajstić information content (AvgIpc) is 2.83. The van der Waals surface area contributed by atoms with Crippen molar-refractivity contribution in [3.63, 3.8) is 0 Å². The molecular weight excluding hydrogens is 462 g/mol. The first-order chi connectivity index (χ1) is 17.0. The van der Waals surface area contributed by atoms with Gasteiger partial charge >= 0.3 is 6.09 Å². The summed E-state index contributed by atoms with van der Waals surface area (Å²) in [7, 11) is 0. The van der Waals surface area contributed by atoms with Crippen molar-refractivity contribution < 1.29 is 29.0 Å². The number of hydrogen-bond acceptors (Lipinski definition) is 7. The Hall–Kier alpha value is -3.27. The van der Waals surface area contributed by atoms with Crippen LogP contribution in [0.15, 0.2) is 60.7 Å². The highest BCUT2D eigenvalue weighted by Gasteiger charge is 2.32. The molecule has 0 saturated heterocycles. The lowest BCUT2D eigenvalue weighted by molar-refractivity contribution is -0.143. The Morgan fingerprint density at radius 3 is 1.92 bits per heavy atom. The van der Waals surface area contributed by atoms with Gasteiger partial charge in [0, 0.05) is 18.4 Å². The molecular formula is C27H37N3O6. The molecule has 4 unspecified atom stereocenters. The maximum atomic E-state index is 12.6. The molecule has 0 fully saturated rings. The van der Waals surface area contributed by atoms with Gasteiger partial charge < -0.3 is 31.4 Å².